The highest BCUT2D eigenvalue weighted by molar-refractivity contribution is 5.89. The molecule has 1 aliphatic rings. The van der Waals surface area contributed by atoms with Crippen LogP contribution in [0.2, 0.25) is 0 Å². The molecule has 110 valence electrons. The topological polar surface area (TPSA) is 70.6 Å². The molecule has 2 rings (SSSR count). The first kappa shape index (κ1) is 14.7. The summed E-state index contributed by atoms with van der Waals surface area (Å²) in [6.45, 7) is 4.57. The Balaban J connectivity index is 1.78. The van der Waals surface area contributed by atoms with Gasteiger partial charge < -0.3 is 20.5 Å². The summed E-state index contributed by atoms with van der Waals surface area (Å²) in [7, 11) is 0. The van der Waals surface area contributed by atoms with Crippen LogP contribution >= 0.6 is 0 Å². The van der Waals surface area contributed by atoms with Crippen molar-refractivity contribution in [3.05, 3.63) is 24.3 Å². The summed E-state index contributed by atoms with van der Waals surface area (Å²) in [6.07, 6.45) is 2.07. The number of hydrogen-bond acceptors (Lipinski definition) is 3. The van der Waals surface area contributed by atoms with Gasteiger partial charge in [0.05, 0.1) is 12.2 Å². The molecule has 0 aliphatic heterocycles. The summed E-state index contributed by atoms with van der Waals surface area (Å²) in [5, 5.41) is 15.5. The molecule has 5 heteroatoms. The van der Waals surface area contributed by atoms with Crippen molar-refractivity contribution in [3.8, 4) is 5.75 Å². The predicted octanol–water partition coefficient (Wildman–Crippen LogP) is 2.37. The Morgan fingerprint density at radius 3 is 2.60 bits per heavy atom. The minimum absolute atomic E-state index is 0.264. The lowest BCUT2D eigenvalue weighted by molar-refractivity contribution is 0.0398. The summed E-state index contributed by atoms with van der Waals surface area (Å²) in [5.41, 5.74) is -0.118. The number of amides is 2. The fraction of sp³-hybridized carbons (Fsp3) is 0.533. The molecule has 3 N–H and O–H groups in total. The molecule has 1 aromatic rings. The monoisotopic (exact) mass is 278 g/mol. The smallest absolute Gasteiger partial charge is 0.319 e. The van der Waals surface area contributed by atoms with Crippen LogP contribution in [0.25, 0.3) is 0 Å². The highest BCUT2D eigenvalue weighted by atomic mass is 16.5. The Kier molecular flexibility index (Phi) is 4.49. The van der Waals surface area contributed by atoms with E-state index in [0.717, 1.165) is 18.6 Å². The van der Waals surface area contributed by atoms with Crippen molar-refractivity contribution in [3.63, 3.8) is 0 Å². The number of ether oxygens (including phenoxy) is 1. The van der Waals surface area contributed by atoms with Crippen molar-refractivity contribution >= 4 is 11.7 Å². The molecule has 1 aliphatic carbocycles. The van der Waals surface area contributed by atoms with E-state index in [4.69, 9.17) is 4.74 Å². The molecule has 1 unspecified atom stereocenters. The number of urea groups is 1. The SMILES string of the molecule is CCOc1ccc(NC(=O)NCC(C)(O)C2CC2)cc1. The highest BCUT2D eigenvalue weighted by Crippen LogP contribution is 2.38. The van der Waals surface area contributed by atoms with Crippen molar-refractivity contribution in [2.75, 3.05) is 18.5 Å². The van der Waals surface area contributed by atoms with Gasteiger partial charge in [-0.3, -0.25) is 0 Å². The van der Waals surface area contributed by atoms with Crippen LogP contribution in [0.15, 0.2) is 24.3 Å². The van der Waals surface area contributed by atoms with Gasteiger partial charge in [0.25, 0.3) is 0 Å². The maximum Gasteiger partial charge on any atom is 0.319 e. The Labute approximate surface area is 119 Å². The number of rotatable bonds is 6. The van der Waals surface area contributed by atoms with Crippen LogP contribution in [-0.2, 0) is 0 Å². The first-order valence-corrected chi connectivity index (χ1v) is 7.01. The molecular weight excluding hydrogens is 256 g/mol. The molecule has 0 radical (unpaired) electrons. The second-order valence-electron chi connectivity index (χ2n) is 5.40. The molecule has 0 spiro atoms. The predicted molar refractivity (Wildman–Crippen MR) is 78.0 cm³/mol. The largest absolute Gasteiger partial charge is 0.494 e. The molecule has 1 atom stereocenters. The zero-order chi connectivity index (χ0) is 14.6. The zero-order valence-corrected chi connectivity index (χ0v) is 12.0. The molecule has 0 saturated heterocycles. The molecule has 1 aromatic carbocycles. The molecule has 1 saturated carbocycles. The van der Waals surface area contributed by atoms with E-state index in [1.807, 2.05) is 6.92 Å². The third kappa shape index (κ3) is 4.13. The van der Waals surface area contributed by atoms with Gasteiger partial charge >= 0.3 is 6.03 Å². The van der Waals surface area contributed by atoms with E-state index >= 15 is 0 Å². The molecular formula is C15H22N2O3. The fourth-order valence-electron chi connectivity index (χ4n) is 2.09. The summed E-state index contributed by atoms with van der Waals surface area (Å²) in [6, 6.07) is 6.86. The normalized spacial score (nSPS) is 17.1. The summed E-state index contributed by atoms with van der Waals surface area (Å²) in [5.74, 6) is 1.09. The summed E-state index contributed by atoms with van der Waals surface area (Å²) in [4.78, 5) is 11.7. The Bertz CT molecular complexity index is 453. The lowest BCUT2D eigenvalue weighted by Crippen LogP contribution is -2.43. The number of anilines is 1. The first-order chi connectivity index (χ1) is 9.51. The zero-order valence-electron chi connectivity index (χ0n) is 12.0. The number of benzene rings is 1. The van der Waals surface area contributed by atoms with Gasteiger partial charge in [-0.1, -0.05) is 0 Å². The average Bonchev–Trinajstić information content (AvgIpc) is 3.24. The molecule has 2 amide bonds. The Morgan fingerprint density at radius 2 is 2.05 bits per heavy atom. The van der Waals surface area contributed by atoms with Crippen molar-refractivity contribution in [2.24, 2.45) is 5.92 Å². The lowest BCUT2D eigenvalue weighted by Gasteiger charge is -2.23. The van der Waals surface area contributed by atoms with Gasteiger partial charge in [-0.15, -0.1) is 0 Å². The molecule has 20 heavy (non-hydrogen) atoms. The van der Waals surface area contributed by atoms with Crippen molar-refractivity contribution in [1.82, 2.24) is 5.32 Å². The van der Waals surface area contributed by atoms with Gasteiger partial charge in [0.15, 0.2) is 0 Å². The van der Waals surface area contributed by atoms with E-state index in [9.17, 15) is 9.90 Å². The van der Waals surface area contributed by atoms with Gasteiger partial charge in [0, 0.05) is 12.2 Å². The molecule has 0 heterocycles. The quantitative estimate of drug-likeness (QED) is 0.748. The van der Waals surface area contributed by atoms with E-state index in [-0.39, 0.29) is 12.6 Å². The van der Waals surface area contributed by atoms with Crippen LogP contribution in [0.4, 0.5) is 10.5 Å². The lowest BCUT2D eigenvalue weighted by atomic mass is 10.0. The maximum absolute atomic E-state index is 11.7. The maximum atomic E-state index is 11.7. The van der Waals surface area contributed by atoms with Gasteiger partial charge in [-0.05, 0) is 56.9 Å². The summed E-state index contributed by atoms with van der Waals surface area (Å²) >= 11 is 0. The van der Waals surface area contributed by atoms with Crippen molar-refractivity contribution in [2.45, 2.75) is 32.3 Å². The third-order valence-electron chi connectivity index (χ3n) is 3.49. The summed E-state index contributed by atoms with van der Waals surface area (Å²) < 4.78 is 5.33. The average molecular weight is 278 g/mol. The van der Waals surface area contributed by atoms with Gasteiger partial charge in [-0.2, -0.15) is 0 Å². The number of aliphatic hydroxyl groups is 1. The minimum atomic E-state index is -0.809. The van der Waals surface area contributed by atoms with Crippen LogP contribution in [0.3, 0.4) is 0 Å². The standard InChI is InChI=1S/C15H22N2O3/c1-3-20-13-8-6-12(7-9-13)17-14(18)16-10-15(2,19)11-4-5-11/h6-9,11,19H,3-5,10H2,1-2H3,(H2,16,17,18). The van der Waals surface area contributed by atoms with E-state index in [2.05, 4.69) is 10.6 Å². The Hall–Kier alpha value is -1.75. The number of hydrogen-bond donors (Lipinski definition) is 3. The van der Waals surface area contributed by atoms with E-state index in [1.165, 1.54) is 0 Å². The fourth-order valence-corrected chi connectivity index (χ4v) is 2.09. The van der Waals surface area contributed by atoms with Gasteiger partial charge in [0.2, 0.25) is 0 Å². The molecule has 1 fully saturated rings. The van der Waals surface area contributed by atoms with Crippen molar-refractivity contribution < 1.29 is 14.6 Å². The van der Waals surface area contributed by atoms with Gasteiger partial charge in [0.1, 0.15) is 5.75 Å². The van der Waals surface area contributed by atoms with E-state index in [1.54, 1.807) is 31.2 Å². The second-order valence-corrected chi connectivity index (χ2v) is 5.40. The number of nitrogens with one attached hydrogen (secondary N) is 2. The van der Waals surface area contributed by atoms with Crippen LogP contribution in [0.1, 0.15) is 26.7 Å². The van der Waals surface area contributed by atoms with Crippen LogP contribution < -0.4 is 15.4 Å². The second kappa shape index (κ2) is 6.13. The van der Waals surface area contributed by atoms with Crippen LogP contribution in [0, 0.1) is 5.92 Å². The number of carbonyl (C=O) groups is 1. The van der Waals surface area contributed by atoms with Crippen LogP contribution in [0.5, 0.6) is 5.75 Å². The molecule has 5 nitrogen and oxygen atoms in total. The van der Waals surface area contributed by atoms with E-state index in [0.29, 0.717) is 18.2 Å². The van der Waals surface area contributed by atoms with Crippen molar-refractivity contribution in [1.29, 1.82) is 0 Å². The van der Waals surface area contributed by atoms with Crippen LogP contribution in [-0.4, -0.2) is 29.9 Å². The minimum Gasteiger partial charge on any atom is -0.494 e. The molecule has 0 aromatic heterocycles. The highest BCUT2D eigenvalue weighted by Gasteiger charge is 2.39. The number of carbonyl (C=O) groups excluding carboxylic acids is 1. The Morgan fingerprint density at radius 1 is 1.40 bits per heavy atom. The first-order valence-electron chi connectivity index (χ1n) is 7.01. The molecule has 0 bridgehead atoms. The third-order valence-corrected chi connectivity index (χ3v) is 3.49. The van der Waals surface area contributed by atoms with E-state index < -0.39 is 5.60 Å². The van der Waals surface area contributed by atoms with Gasteiger partial charge in [-0.25, -0.2) is 4.79 Å².